The van der Waals surface area contributed by atoms with Gasteiger partial charge in [0.2, 0.25) is 0 Å². The fourth-order valence-electron chi connectivity index (χ4n) is 13.5. The first-order chi connectivity index (χ1) is 61.8. The van der Waals surface area contributed by atoms with Crippen LogP contribution >= 0.6 is 11.6 Å². The van der Waals surface area contributed by atoms with Crippen LogP contribution in [0.1, 0.15) is 62.9 Å². The standard InChI is InChI=1S/C23H17NO3.C21H16N2O4.C19H16ClNO3.C19H14F3NO3.C19H17NO4/c25-21-15-17-9-5-4-8-16(17)14-19(21)23(26)24-20-12-6-7-13-22(20)27-18-10-2-1-3-11-18;1-26-19-10-15(6-7-16(19)20-11-22-12-27-20)23-21(25)17-8-13-4-2-3-5-14(13)9-18(17)24;1-11-7-16(18(24-2)10-15(11)20)21-19(23)14-8-12-5-3-4-6-13(12)9-17(14)22;1-26-17-7-6-13(19(20,21)22)10-15(17)23-18(25)14-8-11-4-2-3-5-12(11)9-16(14)24;1-23-17-9-5-8-15(18(17)24-2)20-19(22)14-10-12-6-3-4-7-13(12)11-16(14)21/h1-15,25H,(H,24,26);2-12,24H,1H3,(H,23,25);3-10,22H,1-2H3,(H,21,23);2-10,24H,1H3,(H,23,25);3-11,21H,1-2H3,(H,20,22). The smallest absolute Gasteiger partial charge is 0.416 e. The van der Waals surface area contributed by atoms with Crippen molar-refractivity contribution in [2.75, 3.05) is 62.1 Å². The minimum Gasteiger partial charge on any atom is -0.507 e. The van der Waals surface area contributed by atoms with Gasteiger partial charge in [0.05, 0.1) is 103 Å². The molecule has 644 valence electrons. The predicted molar refractivity (Wildman–Crippen MR) is 490 cm³/mol. The highest BCUT2D eigenvalue weighted by molar-refractivity contribution is 6.31. The minimum atomic E-state index is -4.56. The van der Waals surface area contributed by atoms with Gasteiger partial charge in [-0.05, 0) is 200 Å². The summed E-state index contributed by atoms with van der Waals surface area (Å²) in [5.41, 5.74) is 3.26. The van der Waals surface area contributed by atoms with E-state index in [9.17, 15) is 62.7 Å². The molecule has 0 saturated heterocycles. The molecule has 1 aromatic heterocycles. The highest BCUT2D eigenvalue weighted by Gasteiger charge is 2.32. The second kappa shape index (κ2) is 40.5. The highest BCUT2D eigenvalue weighted by Crippen LogP contribution is 2.41. The number of halogens is 4. The van der Waals surface area contributed by atoms with Gasteiger partial charge in [-0.3, -0.25) is 24.0 Å². The van der Waals surface area contributed by atoms with E-state index >= 15 is 0 Å². The number of fused-ring (bicyclic) bond motifs is 5. The third-order valence-electron chi connectivity index (χ3n) is 20.0. The van der Waals surface area contributed by atoms with Crippen molar-refractivity contribution in [1.29, 1.82) is 0 Å². The lowest BCUT2D eigenvalue weighted by Gasteiger charge is -2.14. The lowest BCUT2D eigenvalue weighted by Crippen LogP contribution is -2.14. The number of para-hydroxylation sites is 4. The number of hydrogen-bond acceptors (Lipinski definition) is 18. The van der Waals surface area contributed by atoms with Crippen molar-refractivity contribution in [3.05, 3.63) is 360 Å². The summed E-state index contributed by atoms with van der Waals surface area (Å²) >= 11 is 6.08. The number of methoxy groups -OCH3 is 5. The number of aryl methyl sites for hydroxylation is 1. The number of aromatic hydroxyl groups is 5. The summed E-state index contributed by atoms with van der Waals surface area (Å²) in [6.45, 7) is 1.84. The zero-order chi connectivity index (χ0) is 90.7. The number of aromatic nitrogens is 1. The number of rotatable bonds is 18. The Balaban J connectivity index is 0.000000137. The van der Waals surface area contributed by atoms with E-state index in [0.717, 1.165) is 77.8 Å². The van der Waals surface area contributed by atoms with E-state index in [1.807, 2.05) is 146 Å². The first-order valence-electron chi connectivity index (χ1n) is 39.1. The van der Waals surface area contributed by atoms with Crippen molar-refractivity contribution in [3.63, 3.8) is 0 Å². The van der Waals surface area contributed by atoms with Crippen LogP contribution in [0.4, 0.5) is 41.6 Å². The maximum Gasteiger partial charge on any atom is 0.416 e. The van der Waals surface area contributed by atoms with Gasteiger partial charge in [-0.15, -0.1) is 0 Å². The number of alkyl halides is 3. The van der Waals surface area contributed by atoms with Crippen molar-refractivity contribution in [2.24, 2.45) is 0 Å². The Bertz CT molecular complexity index is 6980. The van der Waals surface area contributed by atoms with E-state index < -0.39 is 41.3 Å². The Labute approximate surface area is 735 Å². The monoisotopic (exact) mass is 1740 g/mol. The van der Waals surface area contributed by atoms with Crippen LogP contribution in [-0.4, -0.2) is 95.6 Å². The molecular weight excluding hydrogens is 1660 g/mol. The molecule has 0 bridgehead atoms. The van der Waals surface area contributed by atoms with Crippen LogP contribution in [-0.2, 0) is 6.18 Å². The zero-order valence-electron chi connectivity index (χ0n) is 69.1. The lowest BCUT2D eigenvalue weighted by atomic mass is 10.1. The van der Waals surface area contributed by atoms with Crippen LogP contribution in [0.3, 0.4) is 0 Å². The predicted octanol–water partition coefficient (Wildman–Crippen LogP) is 23.5. The molecule has 0 aliphatic rings. The number of phenols is 5. The molecular formula is C101H80ClF3N6O17. The van der Waals surface area contributed by atoms with Gasteiger partial charge in [-0.1, -0.05) is 169 Å². The summed E-state index contributed by atoms with van der Waals surface area (Å²) in [6.07, 6.45) is -1.63. The van der Waals surface area contributed by atoms with Gasteiger partial charge < -0.3 is 85.0 Å². The van der Waals surface area contributed by atoms with Gasteiger partial charge in [-0.2, -0.15) is 13.2 Å². The Morgan fingerprint density at radius 1 is 0.344 bits per heavy atom. The van der Waals surface area contributed by atoms with Crippen molar-refractivity contribution in [2.45, 2.75) is 13.1 Å². The third-order valence-corrected chi connectivity index (χ3v) is 20.4. The number of amides is 5. The molecule has 0 atom stereocenters. The lowest BCUT2D eigenvalue weighted by molar-refractivity contribution is -0.137. The largest absolute Gasteiger partial charge is 0.507 e. The Kier molecular flexibility index (Phi) is 28.2. The second-order valence-corrected chi connectivity index (χ2v) is 28.7. The number of carbonyl (C=O) groups is 5. The number of nitrogens with zero attached hydrogens (tertiary/aromatic N) is 1. The first-order valence-corrected chi connectivity index (χ1v) is 39.5. The Morgan fingerprint density at radius 3 is 1.12 bits per heavy atom. The third kappa shape index (κ3) is 21.5. The van der Waals surface area contributed by atoms with Gasteiger partial charge in [0.1, 0.15) is 51.7 Å². The Morgan fingerprint density at radius 2 is 0.711 bits per heavy atom. The minimum absolute atomic E-state index is 0.0526. The number of phenolic OH excluding ortho intramolecular Hbond substituents is 5. The second-order valence-electron chi connectivity index (χ2n) is 28.3. The van der Waals surface area contributed by atoms with E-state index in [-0.39, 0.29) is 68.0 Å². The van der Waals surface area contributed by atoms with E-state index in [0.29, 0.717) is 73.4 Å². The highest BCUT2D eigenvalue weighted by atomic mass is 35.5. The molecule has 27 heteroatoms. The number of nitrogens with one attached hydrogen (secondary N) is 5. The fraction of sp³-hybridized carbons (Fsp3) is 0.0693. The van der Waals surface area contributed by atoms with Crippen molar-refractivity contribution in [1.82, 2.24) is 4.98 Å². The number of carbonyl (C=O) groups excluding carboxylic acids is 5. The summed E-state index contributed by atoms with van der Waals surface area (Å²) < 4.78 is 76.1. The quantitative estimate of drug-likeness (QED) is 0.0381. The average molecular weight is 1740 g/mol. The van der Waals surface area contributed by atoms with Crippen LogP contribution in [0, 0.1) is 6.92 Å². The molecule has 17 rings (SSSR count). The molecule has 0 radical (unpaired) electrons. The molecule has 0 saturated carbocycles. The van der Waals surface area contributed by atoms with Crippen LogP contribution < -0.4 is 55.0 Å². The molecule has 10 N–H and O–H groups in total. The van der Waals surface area contributed by atoms with Crippen molar-refractivity contribution >= 4 is 123 Å². The molecule has 17 aromatic rings. The summed E-state index contributed by atoms with van der Waals surface area (Å²) in [5.74, 6) is 0.816. The maximum absolute atomic E-state index is 12.9. The van der Waals surface area contributed by atoms with E-state index in [1.165, 1.54) is 54.1 Å². The summed E-state index contributed by atoms with van der Waals surface area (Å²) in [4.78, 5) is 67.0. The van der Waals surface area contributed by atoms with E-state index in [4.69, 9.17) is 44.4 Å². The molecule has 0 spiro atoms. The number of hydrogen-bond donors (Lipinski definition) is 10. The van der Waals surface area contributed by atoms with E-state index in [2.05, 4.69) is 31.6 Å². The van der Waals surface area contributed by atoms with Crippen molar-refractivity contribution in [3.8, 4) is 80.3 Å². The molecule has 23 nitrogen and oxygen atoms in total. The van der Waals surface area contributed by atoms with E-state index in [1.54, 1.807) is 140 Å². The molecule has 1 heterocycles. The summed E-state index contributed by atoms with van der Waals surface area (Å²) in [7, 11) is 7.35. The molecule has 5 amide bonds. The van der Waals surface area contributed by atoms with Gasteiger partial charge >= 0.3 is 6.18 Å². The molecule has 0 aliphatic carbocycles. The van der Waals surface area contributed by atoms with Crippen LogP contribution in [0.15, 0.2) is 320 Å². The van der Waals surface area contributed by atoms with Crippen LogP contribution in [0.2, 0.25) is 5.02 Å². The Hall–Kier alpha value is -16.7. The number of benzene rings is 16. The van der Waals surface area contributed by atoms with Gasteiger partial charge in [0.15, 0.2) is 29.4 Å². The topological polar surface area (TPSA) is 328 Å². The van der Waals surface area contributed by atoms with Gasteiger partial charge in [0.25, 0.3) is 29.5 Å². The van der Waals surface area contributed by atoms with Gasteiger partial charge in [0, 0.05) is 22.8 Å². The van der Waals surface area contributed by atoms with Gasteiger partial charge in [-0.25, -0.2) is 4.98 Å². The molecule has 0 aliphatic heterocycles. The number of anilines is 5. The molecule has 128 heavy (non-hydrogen) atoms. The zero-order valence-corrected chi connectivity index (χ0v) is 69.9. The maximum atomic E-state index is 12.9. The number of oxazole rings is 1. The van der Waals surface area contributed by atoms with Crippen LogP contribution in [0.5, 0.6) is 69.0 Å². The first kappa shape index (κ1) is 89.0. The SMILES string of the molecule is COc1cc(Cl)c(C)cc1NC(=O)c1cc2ccccc2cc1O.COc1cc(NC(=O)c2cc3ccccc3cc2O)ccc1-c1cnco1.COc1ccc(C(F)(F)F)cc1NC(=O)c1cc2ccccc2cc1O.COc1cccc(NC(=O)c2cc3ccccc3cc2O)c1OC.O=C(Nc1ccccc1Oc1ccccc1)c1cc2ccccc2cc1O. The summed E-state index contributed by atoms with van der Waals surface area (Å²) in [5, 5.41) is 73.4. The fourth-order valence-corrected chi connectivity index (χ4v) is 13.7. The van der Waals surface area contributed by atoms with Crippen LogP contribution in [0.25, 0.3) is 65.2 Å². The number of ether oxygens (including phenoxy) is 6. The van der Waals surface area contributed by atoms with Crippen molar-refractivity contribution < 1.29 is 95.5 Å². The molecule has 0 unspecified atom stereocenters. The normalized spacial score (nSPS) is 10.7. The molecule has 0 fully saturated rings. The summed E-state index contributed by atoms with van der Waals surface area (Å²) in [6, 6.07) is 86.2. The average Bonchev–Trinajstić information content (AvgIpc) is 0.858. The molecule has 16 aromatic carbocycles.